The van der Waals surface area contributed by atoms with Gasteiger partial charge < -0.3 is 9.47 Å². The Morgan fingerprint density at radius 1 is 1.04 bits per heavy atom. The SMILES string of the molecule is O=C(/C=C/c1cnc2ccccc2n1)OCCOc1ccc(Cl)cc1. The summed E-state index contributed by atoms with van der Waals surface area (Å²) in [5, 5.41) is 0.640. The summed E-state index contributed by atoms with van der Waals surface area (Å²) in [4.78, 5) is 20.4. The molecule has 1 heterocycles. The number of para-hydroxylation sites is 2. The van der Waals surface area contributed by atoms with E-state index in [1.165, 1.54) is 6.08 Å². The summed E-state index contributed by atoms with van der Waals surface area (Å²) in [6.45, 7) is 0.409. The van der Waals surface area contributed by atoms with Gasteiger partial charge in [-0.05, 0) is 42.5 Å². The summed E-state index contributed by atoms with van der Waals surface area (Å²) in [5.74, 6) is 0.206. The van der Waals surface area contributed by atoms with Gasteiger partial charge in [0.05, 0.1) is 22.9 Å². The highest BCUT2D eigenvalue weighted by Gasteiger charge is 2.00. The molecule has 0 aliphatic rings. The van der Waals surface area contributed by atoms with Gasteiger partial charge in [-0.1, -0.05) is 23.7 Å². The topological polar surface area (TPSA) is 61.3 Å². The molecule has 3 aromatic rings. The van der Waals surface area contributed by atoms with E-state index in [4.69, 9.17) is 21.1 Å². The van der Waals surface area contributed by atoms with Crippen LogP contribution in [0.25, 0.3) is 17.1 Å². The maximum absolute atomic E-state index is 11.7. The molecule has 25 heavy (non-hydrogen) atoms. The Morgan fingerprint density at radius 2 is 1.80 bits per heavy atom. The highest BCUT2D eigenvalue weighted by Crippen LogP contribution is 2.15. The minimum atomic E-state index is -0.463. The summed E-state index contributed by atoms with van der Waals surface area (Å²) in [7, 11) is 0. The van der Waals surface area contributed by atoms with Crippen LogP contribution in [0.2, 0.25) is 5.02 Å². The van der Waals surface area contributed by atoms with Crippen LogP contribution in [-0.2, 0) is 9.53 Å². The third-order valence-electron chi connectivity index (χ3n) is 3.27. The number of hydrogen-bond donors (Lipinski definition) is 0. The summed E-state index contributed by atoms with van der Waals surface area (Å²) in [6.07, 6.45) is 4.50. The first kappa shape index (κ1) is 16.9. The van der Waals surface area contributed by atoms with E-state index in [1.807, 2.05) is 24.3 Å². The van der Waals surface area contributed by atoms with Gasteiger partial charge in [-0.25, -0.2) is 9.78 Å². The maximum Gasteiger partial charge on any atom is 0.330 e. The molecule has 0 N–H and O–H groups in total. The fourth-order valence-corrected chi connectivity index (χ4v) is 2.21. The predicted octanol–water partition coefficient (Wildman–Crippen LogP) is 3.92. The van der Waals surface area contributed by atoms with Gasteiger partial charge in [0.15, 0.2) is 0 Å². The lowest BCUT2D eigenvalue weighted by Gasteiger charge is -2.06. The van der Waals surface area contributed by atoms with Crippen molar-refractivity contribution in [3.05, 3.63) is 71.5 Å². The quantitative estimate of drug-likeness (QED) is 0.381. The van der Waals surface area contributed by atoms with E-state index in [9.17, 15) is 4.79 Å². The average Bonchev–Trinajstić information content (AvgIpc) is 2.65. The van der Waals surface area contributed by atoms with Gasteiger partial charge in [0.1, 0.15) is 19.0 Å². The van der Waals surface area contributed by atoms with E-state index in [1.54, 1.807) is 36.5 Å². The van der Waals surface area contributed by atoms with E-state index in [0.717, 1.165) is 11.0 Å². The molecule has 0 fully saturated rings. The molecule has 0 amide bonds. The van der Waals surface area contributed by atoms with Crippen LogP contribution in [0.5, 0.6) is 5.75 Å². The number of aromatic nitrogens is 2. The van der Waals surface area contributed by atoms with E-state index < -0.39 is 5.97 Å². The summed E-state index contributed by atoms with van der Waals surface area (Å²) in [6, 6.07) is 14.5. The number of benzene rings is 2. The molecule has 0 saturated carbocycles. The highest BCUT2D eigenvalue weighted by atomic mass is 35.5. The summed E-state index contributed by atoms with van der Waals surface area (Å²) in [5.41, 5.74) is 2.17. The van der Waals surface area contributed by atoms with Crippen molar-refractivity contribution in [2.45, 2.75) is 0 Å². The molecular formula is C19H15ClN2O3. The third-order valence-corrected chi connectivity index (χ3v) is 3.52. The number of esters is 1. The molecule has 6 heteroatoms. The van der Waals surface area contributed by atoms with Gasteiger partial charge in [-0.2, -0.15) is 0 Å². The van der Waals surface area contributed by atoms with E-state index in [-0.39, 0.29) is 13.2 Å². The maximum atomic E-state index is 11.7. The van der Waals surface area contributed by atoms with Crippen LogP contribution in [0.15, 0.2) is 60.8 Å². The molecule has 0 aliphatic carbocycles. The minimum absolute atomic E-state index is 0.148. The number of nitrogens with zero attached hydrogens (tertiary/aromatic N) is 2. The fourth-order valence-electron chi connectivity index (χ4n) is 2.09. The van der Waals surface area contributed by atoms with Crippen molar-refractivity contribution in [1.29, 1.82) is 0 Å². The van der Waals surface area contributed by atoms with Crippen LogP contribution in [0, 0.1) is 0 Å². The second-order valence-corrected chi connectivity index (χ2v) is 5.52. The van der Waals surface area contributed by atoms with Crippen molar-refractivity contribution in [3.63, 3.8) is 0 Å². The van der Waals surface area contributed by atoms with Crippen molar-refractivity contribution in [2.24, 2.45) is 0 Å². The number of fused-ring (bicyclic) bond motifs is 1. The van der Waals surface area contributed by atoms with Crippen molar-refractivity contribution >= 4 is 34.7 Å². The molecule has 0 radical (unpaired) electrons. The molecule has 0 saturated heterocycles. The molecule has 3 rings (SSSR count). The summed E-state index contributed by atoms with van der Waals surface area (Å²) >= 11 is 5.79. The smallest absolute Gasteiger partial charge is 0.330 e. The largest absolute Gasteiger partial charge is 0.490 e. The lowest BCUT2D eigenvalue weighted by atomic mass is 10.3. The number of rotatable bonds is 6. The van der Waals surface area contributed by atoms with Gasteiger partial charge >= 0.3 is 5.97 Å². The lowest BCUT2D eigenvalue weighted by molar-refractivity contribution is -0.138. The van der Waals surface area contributed by atoms with Crippen molar-refractivity contribution in [2.75, 3.05) is 13.2 Å². The molecular weight excluding hydrogens is 340 g/mol. The molecule has 0 spiro atoms. The Morgan fingerprint density at radius 3 is 2.60 bits per heavy atom. The van der Waals surface area contributed by atoms with Gasteiger partial charge in [0.25, 0.3) is 0 Å². The van der Waals surface area contributed by atoms with Crippen molar-refractivity contribution < 1.29 is 14.3 Å². The number of ether oxygens (including phenoxy) is 2. The van der Waals surface area contributed by atoms with Crippen molar-refractivity contribution in [3.8, 4) is 5.75 Å². The van der Waals surface area contributed by atoms with Crippen LogP contribution >= 0.6 is 11.6 Å². The van der Waals surface area contributed by atoms with Crippen LogP contribution in [0.1, 0.15) is 5.69 Å². The third kappa shape index (κ3) is 5.02. The monoisotopic (exact) mass is 354 g/mol. The Hall–Kier alpha value is -2.92. The van der Waals surface area contributed by atoms with E-state index in [2.05, 4.69) is 9.97 Å². The number of halogens is 1. The van der Waals surface area contributed by atoms with Crippen LogP contribution in [0.3, 0.4) is 0 Å². The second kappa shape index (κ2) is 8.26. The van der Waals surface area contributed by atoms with Gasteiger partial charge in [-0.15, -0.1) is 0 Å². The Kier molecular flexibility index (Phi) is 5.59. The molecule has 0 atom stereocenters. The van der Waals surface area contributed by atoms with Crippen LogP contribution < -0.4 is 4.74 Å². The van der Waals surface area contributed by atoms with Crippen molar-refractivity contribution in [1.82, 2.24) is 9.97 Å². The first-order chi connectivity index (χ1) is 12.2. The van der Waals surface area contributed by atoms with E-state index in [0.29, 0.717) is 16.5 Å². The molecule has 126 valence electrons. The standard InChI is InChI=1S/C19H15ClN2O3/c20-14-5-8-16(9-6-14)24-11-12-25-19(23)10-7-15-13-21-17-3-1-2-4-18(17)22-15/h1-10,13H,11-12H2/b10-7+. The number of hydrogen-bond acceptors (Lipinski definition) is 5. The first-order valence-electron chi connectivity index (χ1n) is 7.66. The van der Waals surface area contributed by atoms with Crippen LogP contribution in [0.4, 0.5) is 0 Å². The molecule has 1 aromatic heterocycles. The number of carbonyl (C=O) groups excluding carboxylic acids is 1. The predicted molar refractivity (Wildman–Crippen MR) is 96.5 cm³/mol. The Balaban J connectivity index is 1.46. The highest BCUT2D eigenvalue weighted by molar-refractivity contribution is 6.30. The van der Waals surface area contributed by atoms with E-state index >= 15 is 0 Å². The van der Waals surface area contributed by atoms with Crippen LogP contribution in [-0.4, -0.2) is 29.2 Å². The molecule has 2 aromatic carbocycles. The normalized spacial score (nSPS) is 10.9. The molecule has 5 nitrogen and oxygen atoms in total. The zero-order valence-electron chi connectivity index (χ0n) is 13.3. The minimum Gasteiger partial charge on any atom is -0.490 e. The fraction of sp³-hybridized carbons (Fsp3) is 0.105. The molecule has 0 unspecified atom stereocenters. The second-order valence-electron chi connectivity index (χ2n) is 5.09. The van der Waals surface area contributed by atoms with Gasteiger partial charge in [0.2, 0.25) is 0 Å². The first-order valence-corrected chi connectivity index (χ1v) is 8.03. The molecule has 0 aliphatic heterocycles. The number of carbonyl (C=O) groups is 1. The summed E-state index contributed by atoms with van der Waals surface area (Å²) < 4.78 is 10.5. The molecule has 0 bridgehead atoms. The Labute approximate surface area is 149 Å². The Bertz CT molecular complexity index is 895. The average molecular weight is 355 g/mol. The van der Waals surface area contributed by atoms with Gasteiger partial charge in [-0.3, -0.25) is 4.98 Å². The van der Waals surface area contributed by atoms with Gasteiger partial charge in [0, 0.05) is 11.1 Å². The zero-order valence-corrected chi connectivity index (χ0v) is 14.0. The lowest BCUT2D eigenvalue weighted by Crippen LogP contribution is -2.10. The zero-order chi connectivity index (χ0) is 17.5.